The lowest BCUT2D eigenvalue weighted by atomic mass is 10.0. The molecule has 0 aliphatic heterocycles. The fourth-order valence-corrected chi connectivity index (χ4v) is 2.13. The number of hydrazine groups is 1. The number of hydrogen-bond acceptors (Lipinski definition) is 6. The van der Waals surface area contributed by atoms with Crippen LogP contribution in [0.15, 0.2) is 43.1 Å². The molecule has 0 aliphatic rings. The monoisotopic (exact) mass is 356 g/mol. The molecule has 9 heteroatoms. The summed E-state index contributed by atoms with van der Waals surface area (Å²) in [7, 11) is 0. The average Bonchev–Trinajstić information content (AvgIpc) is 2.66. The highest BCUT2D eigenvalue weighted by molar-refractivity contribution is 5.98. The third kappa shape index (κ3) is 5.62. The lowest BCUT2D eigenvalue weighted by molar-refractivity contribution is -0.124. The molecule has 0 radical (unpaired) electrons. The zero-order valence-corrected chi connectivity index (χ0v) is 14.5. The molecule has 2 aromatic heterocycles. The molecule has 0 saturated carbocycles. The number of aromatic nitrogens is 3. The van der Waals surface area contributed by atoms with Crippen LogP contribution in [0.1, 0.15) is 41.1 Å². The van der Waals surface area contributed by atoms with Crippen LogP contribution in [0.4, 0.5) is 0 Å². The van der Waals surface area contributed by atoms with Crippen molar-refractivity contribution in [3.63, 3.8) is 0 Å². The van der Waals surface area contributed by atoms with Gasteiger partial charge in [0.1, 0.15) is 11.7 Å². The van der Waals surface area contributed by atoms with Crippen LogP contribution in [0, 0.1) is 5.92 Å². The molecular formula is C17H20N6O3. The Labute approximate surface area is 150 Å². The van der Waals surface area contributed by atoms with E-state index in [1.54, 1.807) is 0 Å². The van der Waals surface area contributed by atoms with Gasteiger partial charge in [0.05, 0.1) is 6.20 Å². The number of amides is 3. The van der Waals surface area contributed by atoms with Crippen LogP contribution in [0.2, 0.25) is 0 Å². The van der Waals surface area contributed by atoms with Crippen molar-refractivity contribution in [1.82, 2.24) is 31.1 Å². The zero-order valence-electron chi connectivity index (χ0n) is 14.5. The molecule has 136 valence electrons. The summed E-state index contributed by atoms with van der Waals surface area (Å²) in [6, 6.07) is 2.20. The van der Waals surface area contributed by atoms with Crippen molar-refractivity contribution in [2.24, 2.45) is 5.92 Å². The molecule has 3 amide bonds. The van der Waals surface area contributed by atoms with Crippen LogP contribution in [0.5, 0.6) is 0 Å². The fraction of sp³-hybridized carbons (Fsp3) is 0.294. The van der Waals surface area contributed by atoms with Crippen LogP contribution in [0.3, 0.4) is 0 Å². The van der Waals surface area contributed by atoms with Crippen LogP contribution >= 0.6 is 0 Å². The van der Waals surface area contributed by atoms with Gasteiger partial charge in [0.25, 0.3) is 17.7 Å². The normalized spacial score (nSPS) is 11.5. The second kappa shape index (κ2) is 9.21. The maximum absolute atomic E-state index is 12.4. The van der Waals surface area contributed by atoms with Gasteiger partial charge in [0, 0.05) is 30.4 Å². The largest absolute Gasteiger partial charge is 0.339 e. The minimum Gasteiger partial charge on any atom is -0.339 e. The van der Waals surface area contributed by atoms with Gasteiger partial charge in [0.15, 0.2) is 0 Å². The van der Waals surface area contributed by atoms with E-state index in [0.29, 0.717) is 12.0 Å². The minimum atomic E-state index is -0.831. The van der Waals surface area contributed by atoms with Crippen molar-refractivity contribution >= 4 is 17.7 Å². The average molecular weight is 356 g/mol. The van der Waals surface area contributed by atoms with Crippen LogP contribution < -0.4 is 16.2 Å². The highest BCUT2D eigenvalue weighted by Gasteiger charge is 2.23. The van der Waals surface area contributed by atoms with E-state index in [0.717, 1.165) is 0 Å². The summed E-state index contributed by atoms with van der Waals surface area (Å²) in [5, 5.41) is 2.61. The van der Waals surface area contributed by atoms with E-state index >= 15 is 0 Å². The summed E-state index contributed by atoms with van der Waals surface area (Å²) in [5.41, 5.74) is 5.11. The van der Waals surface area contributed by atoms with Crippen molar-refractivity contribution < 1.29 is 14.4 Å². The molecule has 0 unspecified atom stereocenters. The van der Waals surface area contributed by atoms with Gasteiger partial charge < -0.3 is 5.32 Å². The molecule has 2 rings (SSSR count). The van der Waals surface area contributed by atoms with Crippen molar-refractivity contribution in [3.8, 4) is 0 Å². The first kappa shape index (κ1) is 19.0. The lowest BCUT2D eigenvalue weighted by Crippen LogP contribution is -2.52. The Morgan fingerprint density at radius 1 is 0.962 bits per heavy atom. The van der Waals surface area contributed by atoms with Gasteiger partial charge in [-0.05, 0) is 24.5 Å². The second-order valence-electron chi connectivity index (χ2n) is 5.93. The number of hydrogen-bond donors (Lipinski definition) is 3. The molecule has 1 atom stereocenters. The third-order valence-corrected chi connectivity index (χ3v) is 3.37. The first-order valence-corrected chi connectivity index (χ1v) is 8.04. The van der Waals surface area contributed by atoms with Crippen molar-refractivity contribution in [2.75, 3.05) is 0 Å². The molecule has 0 fully saturated rings. The molecule has 0 bridgehead atoms. The molecule has 2 aromatic rings. The lowest BCUT2D eigenvalue weighted by Gasteiger charge is -2.20. The van der Waals surface area contributed by atoms with Gasteiger partial charge in [-0.25, -0.2) is 4.98 Å². The predicted octanol–water partition coefficient (Wildman–Crippen LogP) is 0.477. The second-order valence-corrected chi connectivity index (χ2v) is 5.93. The number of nitrogens with zero attached hydrogens (tertiary/aromatic N) is 3. The molecule has 0 aliphatic carbocycles. The number of carbonyl (C=O) groups is 3. The van der Waals surface area contributed by atoms with Gasteiger partial charge in [-0.15, -0.1) is 0 Å². The summed E-state index contributed by atoms with van der Waals surface area (Å²) in [4.78, 5) is 48.1. The van der Waals surface area contributed by atoms with Crippen LogP contribution in [0.25, 0.3) is 0 Å². The topological polar surface area (TPSA) is 126 Å². The Kier molecular flexibility index (Phi) is 6.72. The number of pyridine rings is 1. The Balaban J connectivity index is 1.98. The molecule has 9 nitrogen and oxygen atoms in total. The fourth-order valence-electron chi connectivity index (χ4n) is 2.13. The minimum absolute atomic E-state index is 0.106. The molecule has 2 heterocycles. The SMILES string of the molecule is CC(C)C[C@H](NC(=O)c1cnccn1)C(=O)NNC(=O)c1ccncc1. The Bertz CT molecular complexity index is 752. The van der Waals surface area contributed by atoms with Gasteiger partial charge >= 0.3 is 0 Å². The maximum atomic E-state index is 12.4. The molecule has 3 N–H and O–H groups in total. The van der Waals surface area contributed by atoms with E-state index in [2.05, 4.69) is 31.1 Å². The van der Waals surface area contributed by atoms with Gasteiger partial charge in [-0.1, -0.05) is 13.8 Å². The van der Waals surface area contributed by atoms with Crippen LogP contribution in [-0.4, -0.2) is 38.7 Å². The van der Waals surface area contributed by atoms with E-state index in [4.69, 9.17) is 0 Å². The highest BCUT2D eigenvalue weighted by atomic mass is 16.2. The van der Waals surface area contributed by atoms with Crippen LogP contribution in [-0.2, 0) is 4.79 Å². The molecule has 0 aromatic carbocycles. The van der Waals surface area contributed by atoms with Crippen molar-refractivity contribution in [3.05, 3.63) is 54.4 Å². The number of rotatable bonds is 6. The van der Waals surface area contributed by atoms with Crippen molar-refractivity contribution in [1.29, 1.82) is 0 Å². The first-order valence-electron chi connectivity index (χ1n) is 8.04. The first-order chi connectivity index (χ1) is 12.5. The van der Waals surface area contributed by atoms with E-state index in [1.807, 2.05) is 13.8 Å². The zero-order chi connectivity index (χ0) is 18.9. The summed E-state index contributed by atoms with van der Waals surface area (Å²) >= 11 is 0. The van der Waals surface area contributed by atoms with Gasteiger partial charge in [0.2, 0.25) is 0 Å². The summed E-state index contributed by atoms with van der Waals surface area (Å²) in [5.74, 6) is -1.38. The van der Waals surface area contributed by atoms with E-state index in [1.165, 1.54) is 43.1 Å². The quantitative estimate of drug-likeness (QED) is 0.646. The van der Waals surface area contributed by atoms with E-state index < -0.39 is 23.8 Å². The van der Waals surface area contributed by atoms with E-state index in [9.17, 15) is 14.4 Å². The number of nitrogens with one attached hydrogen (secondary N) is 3. The number of carbonyl (C=O) groups excluding carboxylic acids is 3. The third-order valence-electron chi connectivity index (χ3n) is 3.37. The predicted molar refractivity (Wildman–Crippen MR) is 92.6 cm³/mol. The summed E-state index contributed by atoms with van der Waals surface area (Å²) in [6.45, 7) is 3.84. The Morgan fingerprint density at radius 2 is 1.69 bits per heavy atom. The summed E-state index contributed by atoms with van der Waals surface area (Å²) in [6.07, 6.45) is 7.48. The van der Waals surface area contributed by atoms with Crippen molar-refractivity contribution in [2.45, 2.75) is 26.3 Å². The standard InChI is InChI=1S/C17H20N6O3/c1-11(2)9-13(21-16(25)14-10-19-7-8-20-14)17(26)23-22-15(24)12-3-5-18-6-4-12/h3-8,10-11,13H,9H2,1-2H3,(H,21,25)(H,22,24)(H,23,26)/t13-/m0/s1. The highest BCUT2D eigenvalue weighted by Crippen LogP contribution is 2.06. The smallest absolute Gasteiger partial charge is 0.272 e. The maximum Gasteiger partial charge on any atom is 0.272 e. The molecule has 0 saturated heterocycles. The molecule has 0 spiro atoms. The Morgan fingerprint density at radius 3 is 2.31 bits per heavy atom. The molecule has 26 heavy (non-hydrogen) atoms. The summed E-state index contributed by atoms with van der Waals surface area (Å²) < 4.78 is 0. The Hall–Kier alpha value is -3.36. The van der Waals surface area contributed by atoms with Gasteiger partial charge in [-0.2, -0.15) is 0 Å². The molecular weight excluding hydrogens is 336 g/mol. The van der Waals surface area contributed by atoms with E-state index in [-0.39, 0.29) is 11.6 Å². The van der Waals surface area contributed by atoms with Gasteiger partial charge in [-0.3, -0.25) is 35.2 Å².